The van der Waals surface area contributed by atoms with Crippen molar-refractivity contribution >= 4 is 5.82 Å². The molecule has 1 aromatic heterocycles. The molecular weight excluding hydrogens is 188 g/mol. The van der Waals surface area contributed by atoms with Crippen LogP contribution >= 0.6 is 0 Å². The van der Waals surface area contributed by atoms with E-state index < -0.39 is 0 Å². The molecule has 1 heterocycles. The van der Waals surface area contributed by atoms with Crippen LogP contribution in [0.5, 0.6) is 0 Å². The van der Waals surface area contributed by atoms with Gasteiger partial charge in [0.15, 0.2) is 0 Å². The highest BCUT2D eigenvalue weighted by molar-refractivity contribution is 5.49. The SMILES string of the molecule is CC(C)(CN)Nc1ncnc2c1CCC2. The lowest BCUT2D eigenvalue weighted by atomic mass is 10.1. The third kappa shape index (κ3) is 2.09. The molecule has 1 aromatic rings. The first-order valence-electron chi connectivity index (χ1n) is 5.43. The summed E-state index contributed by atoms with van der Waals surface area (Å²) < 4.78 is 0. The van der Waals surface area contributed by atoms with Crippen molar-refractivity contribution in [2.75, 3.05) is 11.9 Å². The molecule has 0 aliphatic heterocycles. The third-order valence-electron chi connectivity index (χ3n) is 2.84. The van der Waals surface area contributed by atoms with Crippen molar-refractivity contribution in [3.63, 3.8) is 0 Å². The van der Waals surface area contributed by atoms with Gasteiger partial charge in [0.2, 0.25) is 0 Å². The molecule has 0 amide bonds. The molecule has 4 heteroatoms. The molecule has 0 fully saturated rings. The van der Waals surface area contributed by atoms with Crippen LogP contribution in [0, 0.1) is 0 Å². The normalized spacial score (nSPS) is 15.1. The summed E-state index contributed by atoms with van der Waals surface area (Å²) in [5, 5.41) is 3.39. The Morgan fingerprint density at radius 3 is 2.93 bits per heavy atom. The lowest BCUT2D eigenvalue weighted by Gasteiger charge is -2.25. The second kappa shape index (κ2) is 3.77. The summed E-state index contributed by atoms with van der Waals surface area (Å²) in [6.45, 7) is 4.75. The van der Waals surface area contributed by atoms with Crippen molar-refractivity contribution < 1.29 is 0 Å². The van der Waals surface area contributed by atoms with Gasteiger partial charge in [-0.3, -0.25) is 0 Å². The number of aryl methyl sites for hydroxylation is 1. The summed E-state index contributed by atoms with van der Waals surface area (Å²) in [4.78, 5) is 8.60. The highest BCUT2D eigenvalue weighted by Crippen LogP contribution is 2.26. The van der Waals surface area contributed by atoms with E-state index in [4.69, 9.17) is 5.73 Å². The van der Waals surface area contributed by atoms with E-state index in [1.807, 2.05) is 0 Å². The summed E-state index contributed by atoms with van der Waals surface area (Å²) in [5.74, 6) is 0.966. The van der Waals surface area contributed by atoms with Gasteiger partial charge in [0.1, 0.15) is 12.1 Å². The van der Waals surface area contributed by atoms with Crippen molar-refractivity contribution in [3.8, 4) is 0 Å². The lowest BCUT2D eigenvalue weighted by molar-refractivity contribution is 0.576. The predicted octanol–water partition coefficient (Wildman–Crippen LogP) is 1.11. The Bertz CT molecular complexity index is 360. The molecule has 4 nitrogen and oxygen atoms in total. The van der Waals surface area contributed by atoms with Crippen LogP contribution < -0.4 is 11.1 Å². The number of aromatic nitrogens is 2. The van der Waals surface area contributed by atoms with Crippen LogP contribution in [-0.2, 0) is 12.8 Å². The van der Waals surface area contributed by atoms with Crippen LogP contribution in [0.15, 0.2) is 6.33 Å². The van der Waals surface area contributed by atoms with Gasteiger partial charge in [-0.1, -0.05) is 0 Å². The summed E-state index contributed by atoms with van der Waals surface area (Å²) in [7, 11) is 0. The first-order valence-corrected chi connectivity index (χ1v) is 5.43. The minimum Gasteiger partial charge on any atom is -0.364 e. The van der Waals surface area contributed by atoms with Gasteiger partial charge >= 0.3 is 0 Å². The molecule has 0 atom stereocenters. The standard InChI is InChI=1S/C11H18N4/c1-11(2,6-12)15-10-8-4-3-5-9(8)13-7-14-10/h7H,3-6,12H2,1-2H3,(H,13,14,15). The monoisotopic (exact) mass is 206 g/mol. The zero-order valence-electron chi connectivity index (χ0n) is 9.38. The molecule has 0 saturated carbocycles. The Labute approximate surface area is 90.3 Å². The van der Waals surface area contributed by atoms with Crippen molar-refractivity contribution in [1.82, 2.24) is 9.97 Å². The van der Waals surface area contributed by atoms with E-state index in [0.29, 0.717) is 6.54 Å². The van der Waals surface area contributed by atoms with Crippen LogP contribution in [0.2, 0.25) is 0 Å². The zero-order valence-corrected chi connectivity index (χ0v) is 9.38. The van der Waals surface area contributed by atoms with Crippen molar-refractivity contribution in [1.29, 1.82) is 0 Å². The van der Waals surface area contributed by atoms with Gasteiger partial charge in [-0.25, -0.2) is 9.97 Å². The van der Waals surface area contributed by atoms with E-state index in [1.165, 1.54) is 17.7 Å². The van der Waals surface area contributed by atoms with Crippen LogP contribution in [0.3, 0.4) is 0 Å². The smallest absolute Gasteiger partial charge is 0.133 e. The molecule has 3 N–H and O–H groups in total. The van der Waals surface area contributed by atoms with Crippen LogP contribution in [-0.4, -0.2) is 22.1 Å². The lowest BCUT2D eigenvalue weighted by Crippen LogP contribution is -2.39. The Balaban J connectivity index is 2.26. The molecule has 0 radical (unpaired) electrons. The molecule has 0 unspecified atom stereocenters. The number of hydrogen-bond acceptors (Lipinski definition) is 4. The quantitative estimate of drug-likeness (QED) is 0.777. The van der Waals surface area contributed by atoms with Gasteiger partial charge < -0.3 is 11.1 Å². The second-order valence-electron chi connectivity index (χ2n) is 4.71. The van der Waals surface area contributed by atoms with E-state index >= 15 is 0 Å². The number of anilines is 1. The summed E-state index contributed by atoms with van der Waals surface area (Å²) >= 11 is 0. The zero-order chi connectivity index (χ0) is 10.9. The minimum absolute atomic E-state index is 0.106. The maximum absolute atomic E-state index is 5.69. The fraction of sp³-hybridized carbons (Fsp3) is 0.636. The van der Waals surface area contributed by atoms with Gasteiger partial charge in [0.25, 0.3) is 0 Å². The molecule has 1 aliphatic rings. The molecule has 82 valence electrons. The molecular formula is C11H18N4. The van der Waals surface area contributed by atoms with Gasteiger partial charge in [-0.15, -0.1) is 0 Å². The third-order valence-corrected chi connectivity index (χ3v) is 2.84. The van der Waals surface area contributed by atoms with Crippen molar-refractivity contribution in [2.45, 2.75) is 38.6 Å². The maximum Gasteiger partial charge on any atom is 0.133 e. The van der Waals surface area contributed by atoms with Crippen LogP contribution in [0.1, 0.15) is 31.5 Å². The maximum atomic E-state index is 5.69. The number of nitrogens with zero attached hydrogens (tertiary/aromatic N) is 2. The summed E-state index contributed by atoms with van der Waals surface area (Å²) in [5.41, 5.74) is 8.06. The molecule has 0 saturated heterocycles. The predicted molar refractivity (Wildman–Crippen MR) is 60.8 cm³/mol. The molecule has 1 aliphatic carbocycles. The average molecular weight is 206 g/mol. The Kier molecular flexibility index (Phi) is 2.61. The van der Waals surface area contributed by atoms with Gasteiger partial charge in [0, 0.05) is 23.3 Å². The summed E-state index contributed by atoms with van der Waals surface area (Å²) in [6, 6.07) is 0. The Morgan fingerprint density at radius 2 is 2.20 bits per heavy atom. The Morgan fingerprint density at radius 1 is 1.40 bits per heavy atom. The summed E-state index contributed by atoms with van der Waals surface area (Å²) in [6.07, 6.45) is 4.99. The van der Waals surface area contributed by atoms with Crippen LogP contribution in [0.25, 0.3) is 0 Å². The van der Waals surface area contributed by atoms with E-state index in [1.54, 1.807) is 6.33 Å². The topological polar surface area (TPSA) is 63.8 Å². The Hall–Kier alpha value is -1.16. The average Bonchev–Trinajstić information content (AvgIpc) is 2.66. The molecule has 0 bridgehead atoms. The molecule has 0 aromatic carbocycles. The minimum atomic E-state index is -0.106. The number of nitrogens with one attached hydrogen (secondary N) is 1. The van der Waals surface area contributed by atoms with Gasteiger partial charge in [-0.2, -0.15) is 0 Å². The van der Waals surface area contributed by atoms with E-state index in [9.17, 15) is 0 Å². The van der Waals surface area contributed by atoms with E-state index in [0.717, 1.165) is 18.7 Å². The number of hydrogen-bond donors (Lipinski definition) is 2. The highest BCUT2D eigenvalue weighted by Gasteiger charge is 2.21. The largest absolute Gasteiger partial charge is 0.364 e. The second-order valence-corrected chi connectivity index (χ2v) is 4.71. The molecule has 0 spiro atoms. The molecule has 15 heavy (non-hydrogen) atoms. The first-order chi connectivity index (χ1) is 7.12. The number of nitrogens with two attached hydrogens (primary N) is 1. The van der Waals surface area contributed by atoms with Gasteiger partial charge in [-0.05, 0) is 33.1 Å². The molecule has 2 rings (SSSR count). The fourth-order valence-electron chi connectivity index (χ4n) is 1.84. The van der Waals surface area contributed by atoms with Crippen molar-refractivity contribution in [3.05, 3.63) is 17.6 Å². The van der Waals surface area contributed by atoms with E-state index in [2.05, 4.69) is 29.1 Å². The number of fused-ring (bicyclic) bond motifs is 1. The highest BCUT2D eigenvalue weighted by atomic mass is 15.1. The van der Waals surface area contributed by atoms with Gasteiger partial charge in [0.05, 0.1) is 0 Å². The van der Waals surface area contributed by atoms with Crippen molar-refractivity contribution in [2.24, 2.45) is 5.73 Å². The first kappa shape index (κ1) is 10.4. The van der Waals surface area contributed by atoms with E-state index in [-0.39, 0.29) is 5.54 Å². The van der Waals surface area contributed by atoms with Crippen LogP contribution in [0.4, 0.5) is 5.82 Å². The number of rotatable bonds is 3. The fourth-order valence-corrected chi connectivity index (χ4v) is 1.84.